The van der Waals surface area contributed by atoms with Crippen LogP contribution in [0.3, 0.4) is 0 Å². The lowest BCUT2D eigenvalue weighted by atomic mass is 10.0. The van der Waals surface area contributed by atoms with Gasteiger partial charge in [-0.2, -0.15) is 20.2 Å². The summed E-state index contributed by atoms with van der Waals surface area (Å²) in [6, 6.07) is 15.3. The summed E-state index contributed by atoms with van der Waals surface area (Å²) < 4.78 is 25.8. The highest BCUT2D eigenvalue weighted by Gasteiger charge is 2.32. The van der Waals surface area contributed by atoms with Crippen molar-refractivity contribution >= 4 is 57.7 Å². The molecule has 8 heterocycles. The third-order valence-corrected chi connectivity index (χ3v) is 10.8. The van der Waals surface area contributed by atoms with Gasteiger partial charge in [0.05, 0.1) is 37.8 Å². The average molecular weight is 892 g/mol. The Kier molecular flexibility index (Phi) is 12.1. The molecule has 20 nitrogen and oxygen atoms in total. The van der Waals surface area contributed by atoms with E-state index in [9.17, 15) is 9.59 Å². The van der Waals surface area contributed by atoms with E-state index in [0.717, 1.165) is 34.6 Å². The van der Waals surface area contributed by atoms with Gasteiger partial charge in [0.2, 0.25) is 23.7 Å². The van der Waals surface area contributed by atoms with E-state index in [1.54, 1.807) is 26.2 Å². The highest BCUT2D eigenvalue weighted by Crippen LogP contribution is 2.38. The van der Waals surface area contributed by atoms with Crippen molar-refractivity contribution in [2.24, 2.45) is 0 Å². The molecule has 61 heavy (non-hydrogen) atoms. The van der Waals surface area contributed by atoms with Crippen LogP contribution in [0.2, 0.25) is 10.0 Å². The van der Waals surface area contributed by atoms with E-state index >= 15 is 0 Å². The summed E-state index contributed by atoms with van der Waals surface area (Å²) in [4.78, 5) is 35.1. The van der Waals surface area contributed by atoms with Gasteiger partial charge in [0.1, 0.15) is 12.4 Å². The number of anilines is 2. The number of aryl methyl sites for hydroxylation is 2. The van der Waals surface area contributed by atoms with Crippen molar-refractivity contribution in [2.75, 3.05) is 24.7 Å². The Labute approximate surface area is 359 Å². The molecule has 2 aliphatic rings. The number of nitrogens with zero attached hydrogens (tertiary/aromatic N) is 11. The van der Waals surface area contributed by atoms with Crippen LogP contribution < -0.4 is 22.6 Å². The van der Waals surface area contributed by atoms with E-state index in [1.807, 2.05) is 48.5 Å². The minimum atomic E-state index is -0.316. The van der Waals surface area contributed by atoms with Crippen LogP contribution in [0.4, 0.5) is 11.9 Å². The van der Waals surface area contributed by atoms with E-state index in [4.69, 9.17) is 64.8 Å². The van der Waals surface area contributed by atoms with Crippen LogP contribution in [0.5, 0.6) is 0 Å². The van der Waals surface area contributed by atoms with E-state index in [0.29, 0.717) is 52.4 Å². The normalized spacial score (nSPS) is 18.6. The Morgan fingerprint density at radius 1 is 0.738 bits per heavy atom. The van der Waals surface area contributed by atoms with Crippen LogP contribution in [0.1, 0.15) is 82.6 Å². The van der Waals surface area contributed by atoms with Gasteiger partial charge in [0.15, 0.2) is 22.7 Å². The Hall–Kier alpha value is -6.19. The fourth-order valence-electron chi connectivity index (χ4n) is 6.90. The first-order valence-electron chi connectivity index (χ1n) is 18.8. The molecule has 0 aliphatic carbocycles. The van der Waals surface area contributed by atoms with Crippen molar-refractivity contribution in [1.29, 1.82) is 0 Å². The van der Waals surface area contributed by atoms with Crippen LogP contribution in [0.25, 0.3) is 11.0 Å². The SMILES string of the molecule is Cc1cnn2nc(N)[nH]c(=O)c12.Cc1cnn2nc(N)n(Cc3nc([C@@H]4CO[C@@H](c5ccc(Cl)cc5)C4)no3)c(=O)c12.ClCc1nc([C@@H]2CO[C@@H](c3ccc(Cl)cc3)C2)no1. The Bertz CT molecular complexity index is 2910. The van der Waals surface area contributed by atoms with E-state index in [1.165, 1.54) is 13.8 Å². The highest BCUT2D eigenvalue weighted by atomic mass is 35.5. The Morgan fingerprint density at radius 2 is 1.25 bits per heavy atom. The maximum atomic E-state index is 12.8. The molecule has 0 saturated carbocycles. The number of H-pyrrole nitrogens is 1. The molecule has 0 unspecified atom stereocenters. The first-order chi connectivity index (χ1) is 29.4. The molecule has 2 saturated heterocycles. The van der Waals surface area contributed by atoms with E-state index in [2.05, 4.69) is 45.7 Å². The number of nitrogen functional groups attached to an aromatic ring is 2. The Balaban J connectivity index is 0.000000141. The average Bonchev–Trinajstić information content (AvgIpc) is 4.11. The Morgan fingerprint density at radius 3 is 1.79 bits per heavy atom. The third-order valence-electron chi connectivity index (χ3n) is 10.0. The summed E-state index contributed by atoms with van der Waals surface area (Å²) in [5.74, 6) is 2.41. The predicted octanol–water partition coefficient (Wildman–Crippen LogP) is 5.13. The molecule has 8 aromatic rings. The second-order valence-corrected chi connectivity index (χ2v) is 15.4. The van der Waals surface area contributed by atoms with Crippen LogP contribution in [-0.4, -0.2) is 72.7 Å². The standard InChI is InChI=1S/C19H18ClN7O3.C13H12Cl2N2O2.C6H7N5O/c1-10-7-22-27-16(10)18(28)26(19(21)24-27)8-15-23-17(25-30-15)12-6-14(29-9-12)11-2-4-13(20)5-3-11;14-6-12-16-13(17-19-12)9-5-11(18-7-9)8-1-3-10(15)4-2-8;1-3-2-8-11-4(3)5(12)9-6(7)10-11/h2-5,7,12,14H,6,8-9H2,1H3,(H2,21,24);1-4,9,11H,5-7H2;2H,1H3,(H3,7,9,10,12)/t12-,14+;9-,11+;/m00./s1. The number of halogens is 3. The van der Waals surface area contributed by atoms with Gasteiger partial charge in [-0.05, 0) is 62.1 Å². The lowest BCUT2D eigenvalue weighted by molar-refractivity contribution is 0.110. The van der Waals surface area contributed by atoms with Crippen molar-refractivity contribution in [2.45, 2.75) is 63.2 Å². The number of ether oxygens (including phenoxy) is 2. The molecule has 4 atom stereocenters. The number of alkyl halides is 1. The smallest absolute Gasteiger partial charge is 0.281 e. The van der Waals surface area contributed by atoms with Crippen LogP contribution in [-0.2, 0) is 21.9 Å². The molecule has 23 heteroatoms. The molecule has 5 N–H and O–H groups in total. The summed E-state index contributed by atoms with van der Waals surface area (Å²) in [5, 5.41) is 25.2. The predicted molar refractivity (Wildman–Crippen MR) is 221 cm³/mol. The molecule has 0 radical (unpaired) electrons. The van der Waals surface area contributed by atoms with E-state index in [-0.39, 0.29) is 65.4 Å². The molecular formula is C38H37Cl3N14O6. The molecule has 316 valence electrons. The number of nitrogens with two attached hydrogens (primary N) is 2. The van der Waals surface area contributed by atoms with Crippen molar-refractivity contribution in [3.8, 4) is 0 Å². The number of nitrogens with one attached hydrogen (secondary N) is 1. The van der Waals surface area contributed by atoms with Gasteiger partial charge in [-0.15, -0.1) is 31.1 Å². The minimum absolute atomic E-state index is 0.00470. The molecule has 6 aromatic heterocycles. The quantitative estimate of drug-likeness (QED) is 0.175. The first-order valence-corrected chi connectivity index (χ1v) is 20.1. The lowest BCUT2D eigenvalue weighted by Gasteiger charge is -2.09. The van der Waals surface area contributed by atoms with Crippen LogP contribution in [0, 0.1) is 13.8 Å². The summed E-state index contributed by atoms with van der Waals surface area (Å²) in [6.45, 7) is 4.68. The molecule has 10 rings (SSSR count). The molecule has 2 fully saturated rings. The number of aromatic nitrogens is 12. The maximum absolute atomic E-state index is 12.8. The second kappa shape index (κ2) is 17.8. The van der Waals surface area contributed by atoms with E-state index < -0.39 is 0 Å². The van der Waals surface area contributed by atoms with Gasteiger partial charge in [0.25, 0.3) is 11.1 Å². The number of fused-ring (bicyclic) bond motifs is 2. The molecule has 2 aliphatic heterocycles. The second-order valence-electron chi connectivity index (χ2n) is 14.3. The zero-order chi connectivity index (χ0) is 42.8. The van der Waals surface area contributed by atoms with Crippen LogP contribution in [0.15, 0.2) is 79.6 Å². The summed E-state index contributed by atoms with van der Waals surface area (Å²) >= 11 is 17.5. The highest BCUT2D eigenvalue weighted by molar-refractivity contribution is 6.30. The summed E-state index contributed by atoms with van der Waals surface area (Å²) in [5.41, 5.74) is 15.1. The first kappa shape index (κ1) is 41.5. The zero-order valence-corrected chi connectivity index (χ0v) is 34.8. The summed E-state index contributed by atoms with van der Waals surface area (Å²) in [7, 11) is 0. The molecule has 0 spiro atoms. The number of benzene rings is 2. The number of hydrogen-bond acceptors (Lipinski definition) is 16. The molecule has 2 aromatic carbocycles. The van der Waals surface area contributed by atoms with Crippen molar-refractivity contribution in [3.05, 3.63) is 137 Å². The molecule has 0 amide bonds. The third kappa shape index (κ3) is 9.13. The van der Waals surface area contributed by atoms with Gasteiger partial charge in [-0.25, -0.2) is 0 Å². The number of aromatic amines is 1. The van der Waals surface area contributed by atoms with Gasteiger partial charge < -0.3 is 30.0 Å². The molecule has 0 bridgehead atoms. The van der Waals surface area contributed by atoms with Crippen molar-refractivity contribution in [3.63, 3.8) is 0 Å². The fraction of sp³-hybridized carbons (Fsp3) is 0.316. The zero-order valence-electron chi connectivity index (χ0n) is 32.5. The van der Waals surface area contributed by atoms with Crippen LogP contribution >= 0.6 is 34.8 Å². The maximum Gasteiger partial charge on any atom is 0.281 e. The number of hydrogen-bond donors (Lipinski definition) is 3. The van der Waals surface area contributed by atoms with Crippen molar-refractivity contribution in [1.82, 2.24) is 59.5 Å². The number of rotatable bonds is 7. The largest absolute Gasteiger partial charge is 0.373 e. The fourth-order valence-corrected chi connectivity index (χ4v) is 7.26. The lowest BCUT2D eigenvalue weighted by Crippen LogP contribution is -2.28. The van der Waals surface area contributed by atoms with Gasteiger partial charge in [-0.1, -0.05) is 57.8 Å². The summed E-state index contributed by atoms with van der Waals surface area (Å²) in [6.07, 6.45) is 4.70. The topological polar surface area (TPSA) is 264 Å². The minimum Gasteiger partial charge on any atom is -0.373 e. The van der Waals surface area contributed by atoms with Crippen molar-refractivity contribution < 1.29 is 18.5 Å². The van der Waals surface area contributed by atoms with Gasteiger partial charge in [0, 0.05) is 33.0 Å². The molecular weight excluding hydrogens is 855 g/mol. The van der Waals surface area contributed by atoms with Gasteiger partial charge in [-0.3, -0.25) is 19.1 Å². The van der Waals surface area contributed by atoms with Gasteiger partial charge >= 0.3 is 0 Å². The monoisotopic (exact) mass is 890 g/mol.